The van der Waals surface area contributed by atoms with Gasteiger partial charge in [-0.2, -0.15) is 26.3 Å². The molecule has 0 aromatic heterocycles. The number of methoxy groups -OCH3 is 2. The molecule has 13 nitrogen and oxygen atoms in total. The highest BCUT2D eigenvalue weighted by Gasteiger charge is 2.36. The van der Waals surface area contributed by atoms with Crippen molar-refractivity contribution < 1.29 is 77.0 Å². The summed E-state index contributed by atoms with van der Waals surface area (Å²) in [6, 6.07) is 26.1. The first-order valence-electron chi connectivity index (χ1n) is 21.7. The fourth-order valence-corrected chi connectivity index (χ4v) is 10.3. The first kappa shape index (κ1) is 55.7. The van der Waals surface area contributed by atoms with Crippen molar-refractivity contribution in [1.29, 1.82) is 0 Å². The summed E-state index contributed by atoms with van der Waals surface area (Å²) in [7, 11) is -5.32. The maximum Gasteiger partial charge on any atom is 0.389 e. The molecule has 1 saturated heterocycles. The van der Waals surface area contributed by atoms with Crippen LogP contribution in [0.3, 0.4) is 0 Å². The van der Waals surface area contributed by atoms with E-state index < -0.39 is 73.5 Å². The number of aryl methyl sites for hydroxylation is 2. The molecule has 0 radical (unpaired) electrons. The maximum absolute atomic E-state index is 13.3. The van der Waals surface area contributed by atoms with E-state index in [1.54, 1.807) is 72.8 Å². The summed E-state index contributed by atoms with van der Waals surface area (Å²) >= 11 is 0. The van der Waals surface area contributed by atoms with Crippen LogP contribution in [-0.4, -0.2) is 97.0 Å². The predicted molar refractivity (Wildman–Crippen MR) is 239 cm³/mol. The normalized spacial score (nSPS) is 15.4. The van der Waals surface area contributed by atoms with Crippen LogP contribution < -0.4 is 11.0 Å². The lowest BCUT2D eigenvalue weighted by Gasteiger charge is -2.23. The smallest absolute Gasteiger partial charge is 0.385 e. The molecule has 0 aliphatic carbocycles. The van der Waals surface area contributed by atoms with E-state index in [1.165, 1.54) is 44.0 Å². The number of ether oxygens (including phenoxy) is 3. The molecular weight excluding hydrogens is 947 g/mol. The third-order valence-corrected chi connectivity index (χ3v) is 15.1. The second-order valence-electron chi connectivity index (χ2n) is 15.9. The Kier molecular flexibility index (Phi) is 21.4. The van der Waals surface area contributed by atoms with Crippen LogP contribution in [0.15, 0.2) is 107 Å². The number of nitrogens with one attached hydrogen (secondary N) is 2. The summed E-state index contributed by atoms with van der Waals surface area (Å²) in [6.07, 6.45) is -7.72. The number of halogens is 6. The Morgan fingerprint density at radius 1 is 0.632 bits per heavy atom. The molecule has 5 rings (SSSR count). The molecule has 3 unspecified atom stereocenters. The molecule has 0 bridgehead atoms. The maximum atomic E-state index is 13.3. The number of benzene rings is 4. The van der Waals surface area contributed by atoms with Crippen LogP contribution in [0, 0.1) is 0 Å². The van der Waals surface area contributed by atoms with Crippen molar-refractivity contribution in [2.75, 3.05) is 34.0 Å². The number of carbonyl (C=O) groups excluding carboxylic acids is 2. The molecular formula is C47H56F6N2O11S2. The molecule has 3 atom stereocenters. The van der Waals surface area contributed by atoms with E-state index in [1.807, 2.05) is 0 Å². The summed E-state index contributed by atoms with van der Waals surface area (Å²) < 4.78 is 141. The minimum atomic E-state index is -4.16. The van der Waals surface area contributed by atoms with Gasteiger partial charge in [0.2, 0.25) is 0 Å². The van der Waals surface area contributed by atoms with Gasteiger partial charge in [0.25, 0.3) is 11.8 Å². The van der Waals surface area contributed by atoms with Gasteiger partial charge in [-0.3, -0.25) is 14.8 Å². The minimum Gasteiger partial charge on any atom is -0.385 e. The number of alkyl halides is 6. The molecule has 4 aromatic carbocycles. The van der Waals surface area contributed by atoms with Gasteiger partial charge >= 0.3 is 12.4 Å². The number of hydrogen-bond acceptors (Lipinski definition) is 11. The van der Waals surface area contributed by atoms with E-state index in [2.05, 4.69) is 5.48 Å². The van der Waals surface area contributed by atoms with Crippen molar-refractivity contribution in [2.24, 2.45) is 0 Å². The number of rotatable bonds is 22. The average Bonchev–Trinajstić information content (AvgIpc) is 3.31. The zero-order valence-electron chi connectivity index (χ0n) is 37.5. The Balaban J connectivity index is 0.000000301. The summed E-state index contributed by atoms with van der Waals surface area (Å²) in [5, 5.41) is 5.94. The molecule has 1 aliphatic rings. The summed E-state index contributed by atoms with van der Waals surface area (Å²) in [5.41, 5.74) is 8.20. The van der Waals surface area contributed by atoms with E-state index in [-0.39, 0.29) is 48.7 Å². The Morgan fingerprint density at radius 2 is 1.01 bits per heavy atom. The highest BCUT2D eigenvalue weighted by Crippen LogP contribution is 2.29. The van der Waals surface area contributed by atoms with E-state index in [0.29, 0.717) is 31.4 Å². The number of amides is 2. The Hall–Kier alpha value is -4.90. The first-order chi connectivity index (χ1) is 32.2. The molecule has 1 fully saturated rings. The number of sulfone groups is 2. The van der Waals surface area contributed by atoms with Gasteiger partial charge in [-0.25, -0.2) is 32.6 Å². The van der Waals surface area contributed by atoms with Crippen LogP contribution in [0.5, 0.6) is 0 Å². The number of hydrogen-bond donors (Lipinski definition) is 3. The molecule has 21 heteroatoms. The van der Waals surface area contributed by atoms with Crippen LogP contribution >= 0.6 is 0 Å². The molecule has 4 aromatic rings. The first-order valence-corrected chi connectivity index (χ1v) is 24.8. The summed E-state index contributed by atoms with van der Waals surface area (Å²) in [5.74, 6) is -1.83. The average molecular weight is 1000 g/mol. The van der Waals surface area contributed by atoms with Gasteiger partial charge in [0.05, 0.1) is 9.79 Å². The molecule has 0 saturated carbocycles. The highest BCUT2D eigenvalue weighted by molar-refractivity contribution is 7.93. The highest BCUT2D eigenvalue weighted by atomic mass is 32.2. The quantitative estimate of drug-likeness (QED) is 0.0388. The zero-order chi connectivity index (χ0) is 50.0. The lowest BCUT2D eigenvalue weighted by Crippen LogP contribution is -2.43. The van der Waals surface area contributed by atoms with Gasteiger partial charge in [-0.05, 0) is 109 Å². The van der Waals surface area contributed by atoms with Crippen molar-refractivity contribution in [2.45, 2.75) is 110 Å². The largest absolute Gasteiger partial charge is 0.389 e. The lowest BCUT2D eigenvalue weighted by molar-refractivity contribution is -0.200. The van der Waals surface area contributed by atoms with Gasteiger partial charge in [-0.1, -0.05) is 72.8 Å². The standard InChI is InChI=1S/C26H32F3NO6S.C21H24F3NO5S/c1-34-18-15-23(25(31)30-36-24-6-2-3-17-35-24)37(32,33)22-13-11-21(12-14-22)20-9-7-19(8-10-20)5-4-16-26(27,28)29;1-30-14-12-19(20(26)25-27)31(28,29)18-10-8-17(9-11-18)16-6-4-15(5-7-16)3-2-13-21(22,23)24/h7-14,23-24H,2-6,15-18H2,1H3,(H,30,31);4-11,19,27H,2-3,12-14H2,1H3,(H,25,26). The Labute approximate surface area is 392 Å². The van der Waals surface area contributed by atoms with Gasteiger partial charge in [0.1, 0.15) is 10.5 Å². The van der Waals surface area contributed by atoms with Crippen molar-refractivity contribution in [3.63, 3.8) is 0 Å². The van der Waals surface area contributed by atoms with E-state index in [4.69, 9.17) is 24.3 Å². The fraction of sp³-hybridized carbons (Fsp3) is 0.447. The molecule has 374 valence electrons. The molecule has 3 N–H and O–H groups in total. The van der Waals surface area contributed by atoms with Gasteiger partial charge in [-0.15, -0.1) is 0 Å². The van der Waals surface area contributed by atoms with Crippen LogP contribution in [0.1, 0.15) is 68.9 Å². The molecule has 2 amide bonds. The van der Waals surface area contributed by atoms with Crippen molar-refractivity contribution in [3.05, 3.63) is 108 Å². The predicted octanol–water partition coefficient (Wildman–Crippen LogP) is 8.91. The second-order valence-corrected chi connectivity index (χ2v) is 20.1. The summed E-state index contributed by atoms with van der Waals surface area (Å²) in [6.45, 7) is 0.592. The van der Waals surface area contributed by atoms with E-state index in [0.717, 1.165) is 40.7 Å². The fourth-order valence-electron chi connectivity index (χ4n) is 7.09. The van der Waals surface area contributed by atoms with Gasteiger partial charge in [0, 0.05) is 53.3 Å². The van der Waals surface area contributed by atoms with Crippen molar-refractivity contribution in [3.8, 4) is 22.3 Å². The van der Waals surface area contributed by atoms with E-state index >= 15 is 0 Å². The molecule has 68 heavy (non-hydrogen) atoms. The minimum absolute atomic E-state index is 0.0149. The Bertz CT molecular complexity index is 2400. The monoisotopic (exact) mass is 1000 g/mol. The van der Waals surface area contributed by atoms with Crippen LogP contribution in [0.25, 0.3) is 22.3 Å². The van der Waals surface area contributed by atoms with Crippen LogP contribution in [-0.2, 0) is 61.2 Å². The SMILES string of the molecule is COCCC(C(=O)NO)S(=O)(=O)c1ccc(-c2ccc(CCCC(F)(F)F)cc2)cc1.COCCC(C(=O)NOC1CCCCO1)S(=O)(=O)c1ccc(-c2ccc(CCCC(F)(F)F)cc2)cc1. The summed E-state index contributed by atoms with van der Waals surface area (Å²) in [4.78, 5) is 29.8. The molecule has 1 heterocycles. The molecule has 0 spiro atoms. The number of hydroxylamine groups is 2. The van der Waals surface area contributed by atoms with Crippen molar-refractivity contribution >= 4 is 31.5 Å². The lowest BCUT2D eigenvalue weighted by atomic mass is 10.0. The van der Waals surface area contributed by atoms with Crippen LogP contribution in [0.2, 0.25) is 0 Å². The van der Waals surface area contributed by atoms with Gasteiger partial charge in [0.15, 0.2) is 26.0 Å². The van der Waals surface area contributed by atoms with Crippen molar-refractivity contribution in [1.82, 2.24) is 11.0 Å². The third-order valence-electron chi connectivity index (χ3n) is 10.8. The second kappa shape index (κ2) is 26.2. The molecule has 1 aliphatic heterocycles. The third kappa shape index (κ3) is 17.6. The Morgan fingerprint density at radius 3 is 1.35 bits per heavy atom. The van der Waals surface area contributed by atoms with E-state index in [9.17, 15) is 52.8 Å². The topological polar surface area (TPSA) is 184 Å². The van der Waals surface area contributed by atoms with Crippen LogP contribution in [0.4, 0.5) is 26.3 Å². The zero-order valence-corrected chi connectivity index (χ0v) is 39.1. The van der Waals surface area contributed by atoms with Gasteiger partial charge < -0.3 is 14.2 Å². The number of carbonyl (C=O) groups is 2.